The lowest BCUT2D eigenvalue weighted by molar-refractivity contribution is -0.117. The molecule has 1 aromatic carbocycles. The molecule has 0 saturated carbocycles. The number of carboxylic acid groups (broad SMARTS) is 1. The van der Waals surface area contributed by atoms with Crippen molar-refractivity contribution >= 4 is 40.8 Å². The van der Waals surface area contributed by atoms with E-state index in [4.69, 9.17) is 33.0 Å². The van der Waals surface area contributed by atoms with Gasteiger partial charge in [-0.2, -0.15) is 0 Å². The molecular weight excluding hydrogens is 305 g/mol. The van der Waals surface area contributed by atoms with Crippen LogP contribution in [0.25, 0.3) is 0 Å². The van der Waals surface area contributed by atoms with Gasteiger partial charge in [0.1, 0.15) is 0 Å². The van der Waals surface area contributed by atoms with E-state index in [1.54, 1.807) is 0 Å². The summed E-state index contributed by atoms with van der Waals surface area (Å²) >= 11 is 11.7. The van der Waals surface area contributed by atoms with Gasteiger partial charge in [-0.05, 0) is 18.6 Å². The van der Waals surface area contributed by atoms with Crippen LogP contribution in [0.3, 0.4) is 0 Å². The topological polar surface area (TPSA) is 75.6 Å². The second-order valence-electron chi connectivity index (χ2n) is 4.03. The number of carbonyl (C=O) groups excluding carboxylic acids is 1. The zero-order valence-electron chi connectivity index (χ0n) is 10.9. The van der Waals surface area contributed by atoms with Crippen molar-refractivity contribution in [1.29, 1.82) is 0 Å². The van der Waals surface area contributed by atoms with Crippen molar-refractivity contribution in [2.24, 2.45) is 0 Å². The molecule has 0 aromatic heterocycles. The van der Waals surface area contributed by atoms with Gasteiger partial charge in [0, 0.05) is 11.6 Å². The summed E-state index contributed by atoms with van der Waals surface area (Å²) in [5.74, 6) is -1.58. The van der Waals surface area contributed by atoms with Crippen molar-refractivity contribution in [3.05, 3.63) is 27.7 Å². The van der Waals surface area contributed by atoms with Crippen molar-refractivity contribution in [2.75, 3.05) is 18.5 Å². The molecule has 0 fully saturated rings. The fourth-order valence-corrected chi connectivity index (χ4v) is 2.02. The van der Waals surface area contributed by atoms with E-state index in [2.05, 4.69) is 5.32 Å². The van der Waals surface area contributed by atoms with Gasteiger partial charge in [-0.15, -0.1) is 0 Å². The zero-order valence-corrected chi connectivity index (χ0v) is 12.4. The molecule has 0 aliphatic carbocycles. The smallest absolute Gasteiger partial charge is 0.337 e. The zero-order chi connectivity index (χ0) is 15.1. The van der Waals surface area contributed by atoms with Crippen LogP contribution in [0.2, 0.25) is 10.0 Å². The second-order valence-corrected chi connectivity index (χ2v) is 4.87. The molecule has 0 spiro atoms. The molecule has 0 atom stereocenters. The Labute approximate surface area is 126 Å². The van der Waals surface area contributed by atoms with Crippen molar-refractivity contribution < 1.29 is 19.4 Å². The summed E-state index contributed by atoms with van der Waals surface area (Å²) in [5.41, 5.74) is -0.102. The Hall–Kier alpha value is -1.30. The molecule has 1 rings (SSSR count). The molecular formula is C13H15Cl2NO4. The molecule has 7 heteroatoms. The summed E-state index contributed by atoms with van der Waals surface area (Å²) in [5, 5.41) is 11.8. The normalized spacial score (nSPS) is 10.3. The van der Waals surface area contributed by atoms with Crippen LogP contribution in [-0.2, 0) is 9.53 Å². The van der Waals surface area contributed by atoms with Gasteiger partial charge in [0.05, 0.1) is 29.3 Å². The van der Waals surface area contributed by atoms with Crippen LogP contribution in [0, 0.1) is 0 Å². The highest BCUT2D eigenvalue weighted by Crippen LogP contribution is 2.30. The summed E-state index contributed by atoms with van der Waals surface area (Å²) in [6.07, 6.45) is 0.992. The molecule has 0 unspecified atom stereocenters. The van der Waals surface area contributed by atoms with Gasteiger partial charge >= 0.3 is 5.97 Å². The Bertz CT molecular complexity index is 505. The molecule has 0 radical (unpaired) electrons. The number of carboxylic acids is 1. The largest absolute Gasteiger partial charge is 0.478 e. The lowest BCUT2D eigenvalue weighted by Gasteiger charge is -2.11. The van der Waals surface area contributed by atoms with E-state index in [-0.39, 0.29) is 40.2 Å². The Morgan fingerprint density at radius 1 is 1.30 bits per heavy atom. The van der Waals surface area contributed by atoms with E-state index >= 15 is 0 Å². The number of halogens is 2. The molecule has 1 aromatic rings. The first kappa shape index (κ1) is 16.8. The van der Waals surface area contributed by atoms with Gasteiger partial charge in [-0.25, -0.2) is 4.79 Å². The van der Waals surface area contributed by atoms with Gasteiger partial charge in [0.15, 0.2) is 0 Å². The maximum Gasteiger partial charge on any atom is 0.337 e. The van der Waals surface area contributed by atoms with E-state index in [9.17, 15) is 9.59 Å². The Morgan fingerprint density at radius 2 is 2.00 bits per heavy atom. The van der Waals surface area contributed by atoms with Crippen LogP contribution in [-0.4, -0.2) is 30.2 Å². The third-order valence-electron chi connectivity index (χ3n) is 2.37. The van der Waals surface area contributed by atoms with Gasteiger partial charge in [-0.1, -0.05) is 30.1 Å². The minimum absolute atomic E-state index is 0.0454. The SMILES string of the molecule is CCCOCCC(=O)Nc1c(Cl)cc(Cl)cc1C(=O)O. The van der Waals surface area contributed by atoms with Crippen LogP contribution in [0.15, 0.2) is 12.1 Å². The van der Waals surface area contributed by atoms with E-state index < -0.39 is 5.97 Å². The molecule has 0 aliphatic rings. The summed E-state index contributed by atoms with van der Waals surface area (Å²) in [6, 6.07) is 2.61. The van der Waals surface area contributed by atoms with Crippen LogP contribution in [0.5, 0.6) is 0 Å². The van der Waals surface area contributed by atoms with Gasteiger partial charge in [0.25, 0.3) is 0 Å². The monoisotopic (exact) mass is 319 g/mol. The van der Waals surface area contributed by atoms with E-state index in [0.29, 0.717) is 6.61 Å². The average molecular weight is 320 g/mol. The number of benzene rings is 1. The third-order valence-corrected chi connectivity index (χ3v) is 2.89. The maximum absolute atomic E-state index is 11.7. The van der Waals surface area contributed by atoms with Crippen molar-refractivity contribution in [2.45, 2.75) is 19.8 Å². The number of ether oxygens (including phenoxy) is 1. The fourth-order valence-electron chi connectivity index (χ4n) is 1.48. The molecule has 0 heterocycles. The van der Waals surface area contributed by atoms with Gasteiger partial charge < -0.3 is 15.2 Å². The van der Waals surface area contributed by atoms with Crippen LogP contribution in [0.4, 0.5) is 5.69 Å². The fraction of sp³-hybridized carbons (Fsp3) is 0.385. The Balaban J connectivity index is 2.76. The number of carbonyl (C=O) groups is 2. The predicted octanol–water partition coefficient (Wildman–Crippen LogP) is 3.45. The molecule has 2 N–H and O–H groups in total. The Kier molecular flexibility index (Phi) is 6.78. The van der Waals surface area contributed by atoms with Crippen molar-refractivity contribution in [3.8, 4) is 0 Å². The number of nitrogens with one attached hydrogen (secondary N) is 1. The lowest BCUT2D eigenvalue weighted by atomic mass is 10.1. The first-order valence-electron chi connectivity index (χ1n) is 6.05. The summed E-state index contributed by atoms with van der Waals surface area (Å²) in [7, 11) is 0. The molecule has 0 bridgehead atoms. The molecule has 20 heavy (non-hydrogen) atoms. The third kappa shape index (κ3) is 5.00. The van der Waals surface area contributed by atoms with Crippen LogP contribution < -0.4 is 5.32 Å². The highest BCUT2D eigenvalue weighted by atomic mass is 35.5. The first-order chi connectivity index (χ1) is 9.45. The predicted molar refractivity (Wildman–Crippen MR) is 77.8 cm³/mol. The van der Waals surface area contributed by atoms with Crippen LogP contribution in [0.1, 0.15) is 30.1 Å². The highest BCUT2D eigenvalue weighted by Gasteiger charge is 2.17. The van der Waals surface area contributed by atoms with E-state index in [0.717, 1.165) is 6.42 Å². The number of rotatable bonds is 7. The van der Waals surface area contributed by atoms with Gasteiger partial charge in [-0.3, -0.25) is 4.79 Å². The highest BCUT2D eigenvalue weighted by molar-refractivity contribution is 6.37. The van der Waals surface area contributed by atoms with Gasteiger partial charge in [0.2, 0.25) is 5.91 Å². The summed E-state index contributed by atoms with van der Waals surface area (Å²) < 4.78 is 5.19. The first-order valence-corrected chi connectivity index (χ1v) is 6.81. The van der Waals surface area contributed by atoms with E-state index in [1.807, 2.05) is 6.92 Å². The van der Waals surface area contributed by atoms with Crippen molar-refractivity contribution in [1.82, 2.24) is 0 Å². The minimum Gasteiger partial charge on any atom is -0.478 e. The molecule has 1 amide bonds. The summed E-state index contributed by atoms with van der Waals surface area (Å²) in [4.78, 5) is 22.8. The number of hydrogen-bond acceptors (Lipinski definition) is 3. The minimum atomic E-state index is -1.22. The molecule has 110 valence electrons. The average Bonchev–Trinajstić information content (AvgIpc) is 2.37. The number of anilines is 1. The standard InChI is InChI=1S/C13H15Cl2NO4/c1-2-4-20-5-3-11(17)16-12-9(13(18)19)6-8(14)7-10(12)15/h6-7H,2-5H2,1H3,(H,16,17)(H,18,19). The quantitative estimate of drug-likeness (QED) is 0.755. The summed E-state index contributed by atoms with van der Waals surface area (Å²) in [6.45, 7) is 2.81. The molecule has 5 nitrogen and oxygen atoms in total. The Morgan fingerprint density at radius 3 is 2.60 bits per heavy atom. The maximum atomic E-state index is 11.7. The number of hydrogen-bond donors (Lipinski definition) is 2. The van der Waals surface area contributed by atoms with E-state index in [1.165, 1.54) is 12.1 Å². The van der Waals surface area contributed by atoms with Crippen molar-refractivity contribution in [3.63, 3.8) is 0 Å². The molecule has 0 aliphatic heterocycles. The lowest BCUT2D eigenvalue weighted by Crippen LogP contribution is -2.17. The number of aromatic carboxylic acids is 1. The molecule has 0 saturated heterocycles. The number of amides is 1. The van der Waals surface area contributed by atoms with Crippen LogP contribution >= 0.6 is 23.2 Å². The second kappa shape index (κ2) is 8.09.